The molecule has 4 N–H and O–H groups in total. The van der Waals surface area contributed by atoms with E-state index in [-0.39, 0.29) is 36.3 Å². The van der Waals surface area contributed by atoms with Crippen LogP contribution in [0.2, 0.25) is 5.02 Å². The molecule has 1 aromatic heterocycles. The molecule has 5 rings (SSSR count). The van der Waals surface area contributed by atoms with E-state index in [4.69, 9.17) is 33.0 Å². The molecule has 5 nitrogen and oxygen atoms in total. The van der Waals surface area contributed by atoms with Crippen molar-refractivity contribution in [2.45, 2.75) is 75.9 Å². The molecule has 0 saturated heterocycles. The Morgan fingerprint density at radius 1 is 1.15 bits per heavy atom. The number of rotatable bonds is 5. The van der Waals surface area contributed by atoms with Gasteiger partial charge < -0.3 is 11.5 Å². The molecule has 1 aliphatic heterocycles. The fraction of sp³-hybridized carbons (Fsp3) is 0.600. The number of halogens is 3. The molecular weight excluding hydrogens is 477 g/mol. The van der Waals surface area contributed by atoms with Gasteiger partial charge in [0.1, 0.15) is 5.82 Å². The van der Waals surface area contributed by atoms with Crippen LogP contribution in [0, 0.1) is 12.8 Å². The van der Waals surface area contributed by atoms with Crippen LogP contribution in [0.4, 0.5) is 0 Å². The van der Waals surface area contributed by atoms with Crippen molar-refractivity contribution in [1.29, 1.82) is 0 Å². The number of nitrogens with zero attached hydrogens (tertiary/aromatic N) is 3. The van der Waals surface area contributed by atoms with Gasteiger partial charge in [0.15, 0.2) is 0 Å². The van der Waals surface area contributed by atoms with Gasteiger partial charge in [-0.2, -0.15) is 0 Å². The quantitative estimate of drug-likeness (QED) is 0.596. The van der Waals surface area contributed by atoms with Gasteiger partial charge in [0, 0.05) is 53.8 Å². The lowest BCUT2D eigenvalue weighted by molar-refractivity contribution is 0.111. The summed E-state index contributed by atoms with van der Waals surface area (Å²) >= 11 is 6.28. The molecule has 2 aliphatic carbocycles. The molecule has 3 aliphatic rings. The number of fused-ring (bicyclic) bond motifs is 1. The van der Waals surface area contributed by atoms with Crippen LogP contribution >= 0.6 is 36.4 Å². The Bertz CT molecular complexity index is 957. The molecule has 0 radical (unpaired) electrons. The first-order chi connectivity index (χ1) is 15.0. The summed E-state index contributed by atoms with van der Waals surface area (Å²) in [5.74, 6) is 1.45. The lowest BCUT2D eigenvalue weighted by Gasteiger charge is -2.44. The summed E-state index contributed by atoms with van der Waals surface area (Å²) in [6.07, 6.45) is 8.00. The lowest BCUT2D eigenvalue weighted by atomic mass is 9.68. The van der Waals surface area contributed by atoms with Crippen LogP contribution < -0.4 is 11.5 Å². The molecule has 0 bridgehead atoms. The van der Waals surface area contributed by atoms with E-state index in [1.807, 2.05) is 6.07 Å². The molecule has 0 amide bonds. The zero-order valence-corrected chi connectivity index (χ0v) is 21.7. The first kappa shape index (κ1) is 26.7. The summed E-state index contributed by atoms with van der Waals surface area (Å²) in [4.78, 5) is 12.4. The summed E-state index contributed by atoms with van der Waals surface area (Å²) in [5.41, 5.74) is 17.7. The van der Waals surface area contributed by atoms with Crippen LogP contribution in [-0.2, 0) is 18.4 Å². The highest BCUT2D eigenvalue weighted by atomic mass is 35.5. The first-order valence-electron chi connectivity index (χ1n) is 11.8. The number of benzene rings is 1. The Labute approximate surface area is 214 Å². The van der Waals surface area contributed by atoms with Gasteiger partial charge in [-0.05, 0) is 69.1 Å². The monoisotopic (exact) mass is 511 g/mol. The fourth-order valence-electron chi connectivity index (χ4n) is 5.70. The minimum Gasteiger partial charge on any atom is -0.330 e. The molecule has 1 unspecified atom stereocenters. The zero-order chi connectivity index (χ0) is 21.6. The standard InChI is InChI=1S/C25H34ClN5.2ClH/c1-16-21-14-31(12-9-22(21)30-24(29-16)23(28)17-5-6-17)20-7-10-25(15-27,11-8-20)18-3-2-4-19(26)13-18;;/h2-4,13,17,20,23H,5-12,14-15,27-28H2,1H3;2*1H/t20-,23?,25-;;. The molecule has 2 heterocycles. The number of aromatic nitrogens is 2. The van der Waals surface area contributed by atoms with E-state index < -0.39 is 0 Å². The molecule has 1 atom stereocenters. The van der Waals surface area contributed by atoms with Crippen molar-refractivity contribution in [2.75, 3.05) is 13.1 Å². The molecule has 8 heteroatoms. The maximum atomic E-state index is 6.39. The van der Waals surface area contributed by atoms with Crippen LogP contribution in [0.5, 0.6) is 0 Å². The summed E-state index contributed by atoms with van der Waals surface area (Å²) in [6.45, 7) is 4.84. The van der Waals surface area contributed by atoms with Crippen LogP contribution in [0.25, 0.3) is 0 Å². The van der Waals surface area contributed by atoms with Crippen molar-refractivity contribution in [3.8, 4) is 0 Å². The first-order valence-corrected chi connectivity index (χ1v) is 12.2. The van der Waals surface area contributed by atoms with Crippen LogP contribution in [0.3, 0.4) is 0 Å². The Morgan fingerprint density at radius 3 is 2.52 bits per heavy atom. The highest BCUT2D eigenvalue weighted by molar-refractivity contribution is 6.30. The maximum absolute atomic E-state index is 6.39. The van der Waals surface area contributed by atoms with E-state index in [2.05, 4.69) is 30.0 Å². The van der Waals surface area contributed by atoms with Gasteiger partial charge in [-0.25, -0.2) is 9.97 Å². The average molecular weight is 513 g/mol. The Balaban J connectivity index is 0.00000153. The Kier molecular flexibility index (Phi) is 8.69. The maximum Gasteiger partial charge on any atom is 0.145 e. The van der Waals surface area contributed by atoms with E-state index in [0.717, 1.165) is 48.9 Å². The second kappa shape index (κ2) is 10.8. The molecule has 0 spiro atoms. The van der Waals surface area contributed by atoms with Gasteiger partial charge >= 0.3 is 0 Å². The number of nitrogens with two attached hydrogens (primary N) is 2. The Hall–Kier alpha value is -0.950. The van der Waals surface area contributed by atoms with Crippen molar-refractivity contribution in [3.63, 3.8) is 0 Å². The third kappa shape index (κ3) is 5.34. The molecule has 2 fully saturated rings. The summed E-state index contributed by atoms with van der Waals surface area (Å²) in [7, 11) is 0. The van der Waals surface area contributed by atoms with E-state index in [9.17, 15) is 0 Å². The van der Waals surface area contributed by atoms with Crippen LogP contribution in [0.1, 0.15) is 72.9 Å². The van der Waals surface area contributed by atoms with Crippen molar-refractivity contribution in [1.82, 2.24) is 14.9 Å². The normalized spacial score (nSPS) is 26.0. The van der Waals surface area contributed by atoms with Gasteiger partial charge in [-0.3, -0.25) is 4.90 Å². The average Bonchev–Trinajstić information content (AvgIpc) is 3.64. The summed E-state index contributed by atoms with van der Waals surface area (Å²) < 4.78 is 0. The molecule has 182 valence electrons. The molecule has 2 aromatic rings. The number of hydrogen-bond acceptors (Lipinski definition) is 5. The van der Waals surface area contributed by atoms with Gasteiger partial charge in [0.2, 0.25) is 0 Å². The second-order valence-corrected chi connectivity index (χ2v) is 10.3. The predicted octanol–water partition coefficient (Wildman–Crippen LogP) is 4.89. The van der Waals surface area contributed by atoms with E-state index in [0.29, 0.717) is 18.5 Å². The molecule has 33 heavy (non-hydrogen) atoms. The minimum atomic E-state index is 0. The largest absolute Gasteiger partial charge is 0.330 e. The third-order valence-electron chi connectivity index (χ3n) is 8.00. The molecule has 2 saturated carbocycles. The fourth-order valence-corrected chi connectivity index (χ4v) is 5.89. The number of hydrogen-bond donors (Lipinski definition) is 2. The van der Waals surface area contributed by atoms with E-state index in [1.165, 1.54) is 42.5 Å². The SMILES string of the molecule is Cc1nc(C(N)C2CC2)nc2c1CN([C@H]1CC[C@](CN)(c3cccc(Cl)c3)CC1)CC2.Cl.Cl. The highest BCUT2D eigenvalue weighted by Crippen LogP contribution is 2.42. The third-order valence-corrected chi connectivity index (χ3v) is 8.23. The van der Waals surface area contributed by atoms with Crippen molar-refractivity contribution < 1.29 is 0 Å². The topological polar surface area (TPSA) is 81.1 Å². The van der Waals surface area contributed by atoms with E-state index >= 15 is 0 Å². The van der Waals surface area contributed by atoms with Gasteiger partial charge in [0.25, 0.3) is 0 Å². The van der Waals surface area contributed by atoms with Crippen molar-refractivity contribution in [3.05, 3.63) is 57.6 Å². The summed E-state index contributed by atoms with van der Waals surface area (Å²) in [5, 5.41) is 0.802. The van der Waals surface area contributed by atoms with Gasteiger partial charge in [0.05, 0.1) is 11.7 Å². The van der Waals surface area contributed by atoms with Crippen molar-refractivity contribution >= 4 is 36.4 Å². The zero-order valence-electron chi connectivity index (χ0n) is 19.3. The van der Waals surface area contributed by atoms with Crippen LogP contribution in [0.15, 0.2) is 24.3 Å². The highest BCUT2D eigenvalue weighted by Gasteiger charge is 2.39. The molecular formula is C25H36Cl3N5. The van der Waals surface area contributed by atoms with Gasteiger partial charge in [-0.15, -0.1) is 24.8 Å². The minimum absolute atomic E-state index is 0. The predicted molar refractivity (Wildman–Crippen MR) is 139 cm³/mol. The van der Waals surface area contributed by atoms with Crippen LogP contribution in [-0.4, -0.2) is 34.0 Å². The lowest BCUT2D eigenvalue weighted by Crippen LogP contribution is -2.47. The van der Waals surface area contributed by atoms with Gasteiger partial charge in [-0.1, -0.05) is 23.7 Å². The Morgan fingerprint density at radius 2 is 1.88 bits per heavy atom. The smallest absolute Gasteiger partial charge is 0.145 e. The van der Waals surface area contributed by atoms with Crippen molar-refractivity contribution in [2.24, 2.45) is 17.4 Å². The second-order valence-electron chi connectivity index (χ2n) is 9.90. The summed E-state index contributed by atoms with van der Waals surface area (Å²) in [6, 6.07) is 8.90. The van der Waals surface area contributed by atoms with E-state index in [1.54, 1.807) is 0 Å². The molecule has 1 aromatic carbocycles. The number of aryl methyl sites for hydroxylation is 1.